The summed E-state index contributed by atoms with van der Waals surface area (Å²) in [6.45, 7) is 0.667. The van der Waals surface area contributed by atoms with Crippen LogP contribution in [0.5, 0.6) is 5.75 Å². The van der Waals surface area contributed by atoms with Gasteiger partial charge in [-0.15, -0.1) is 0 Å². The van der Waals surface area contributed by atoms with E-state index in [-0.39, 0.29) is 0 Å². The first kappa shape index (κ1) is 13.1. The van der Waals surface area contributed by atoms with Gasteiger partial charge in [-0.3, -0.25) is 4.79 Å². The molecule has 0 fully saturated rings. The van der Waals surface area contributed by atoms with Crippen LogP contribution in [0.25, 0.3) is 0 Å². The van der Waals surface area contributed by atoms with Crippen LogP contribution >= 0.6 is 0 Å². The van der Waals surface area contributed by atoms with Crippen LogP contribution in [-0.2, 0) is 11.2 Å². The molecule has 0 bridgehead atoms. The second-order valence-electron chi connectivity index (χ2n) is 4.23. The number of rotatable bonds is 6. The second-order valence-corrected chi connectivity index (χ2v) is 4.23. The van der Waals surface area contributed by atoms with Gasteiger partial charge in [0.1, 0.15) is 5.75 Å². The molecule has 98 valence electrons. The SMILES string of the molecule is COc1ccc(N(C=O)CCc2ccccc2)cc1. The molecule has 1 amide bonds. The Morgan fingerprint density at radius 1 is 1.05 bits per heavy atom. The predicted octanol–water partition coefficient (Wildman–Crippen LogP) is 2.90. The van der Waals surface area contributed by atoms with Crippen molar-refractivity contribution in [3.8, 4) is 5.75 Å². The van der Waals surface area contributed by atoms with E-state index in [1.165, 1.54) is 5.56 Å². The summed E-state index contributed by atoms with van der Waals surface area (Å²) in [6.07, 6.45) is 1.70. The largest absolute Gasteiger partial charge is 0.497 e. The topological polar surface area (TPSA) is 29.5 Å². The standard InChI is InChI=1S/C16H17NO2/c1-19-16-9-7-15(8-10-16)17(13-18)12-11-14-5-3-2-4-6-14/h2-10,13H,11-12H2,1H3. The third kappa shape index (κ3) is 3.58. The quantitative estimate of drug-likeness (QED) is 0.743. The average molecular weight is 255 g/mol. The van der Waals surface area contributed by atoms with Crippen molar-refractivity contribution in [1.82, 2.24) is 0 Å². The van der Waals surface area contributed by atoms with E-state index >= 15 is 0 Å². The first-order chi connectivity index (χ1) is 9.33. The molecule has 3 nitrogen and oxygen atoms in total. The van der Waals surface area contributed by atoms with Crippen molar-refractivity contribution in [2.24, 2.45) is 0 Å². The van der Waals surface area contributed by atoms with E-state index < -0.39 is 0 Å². The van der Waals surface area contributed by atoms with Crippen LogP contribution in [-0.4, -0.2) is 20.1 Å². The van der Waals surface area contributed by atoms with E-state index in [1.54, 1.807) is 12.0 Å². The first-order valence-electron chi connectivity index (χ1n) is 6.23. The highest BCUT2D eigenvalue weighted by atomic mass is 16.5. The highest BCUT2D eigenvalue weighted by Crippen LogP contribution is 2.18. The maximum Gasteiger partial charge on any atom is 0.214 e. The van der Waals surface area contributed by atoms with Gasteiger partial charge < -0.3 is 9.64 Å². The van der Waals surface area contributed by atoms with Crippen molar-refractivity contribution >= 4 is 12.1 Å². The Hall–Kier alpha value is -2.29. The predicted molar refractivity (Wildman–Crippen MR) is 76.6 cm³/mol. The van der Waals surface area contributed by atoms with Gasteiger partial charge in [-0.05, 0) is 36.2 Å². The van der Waals surface area contributed by atoms with Gasteiger partial charge in [-0.25, -0.2) is 0 Å². The number of nitrogens with zero attached hydrogens (tertiary/aromatic N) is 1. The summed E-state index contributed by atoms with van der Waals surface area (Å²) in [5, 5.41) is 0. The van der Waals surface area contributed by atoms with Crippen LogP contribution in [0, 0.1) is 0 Å². The molecule has 0 aromatic heterocycles. The minimum Gasteiger partial charge on any atom is -0.497 e. The van der Waals surface area contributed by atoms with E-state index in [0.717, 1.165) is 24.3 Å². The molecule has 0 radical (unpaired) electrons. The number of hydrogen-bond donors (Lipinski definition) is 0. The lowest BCUT2D eigenvalue weighted by atomic mass is 10.1. The fraction of sp³-hybridized carbons (Fsp3) is 0.188. The lowest BCUT2D eigenvalue weighted by Gasteiger charge is -2.17. The lowest BCUT2D eigenvalue weighted by molar-refractivity contribution is -0.107. The van der Waals surface area contributed by atoms with Gasteiger partial charge in [0, 0.05) is 12.2 Å². The fourth-order valence-electron chi connectivity index (χ4n) is 1.91. The molecule has 0 unspecified atom stereocenters. The minimum absolute atomic E-state index is 0.667. The molecule has 19 heavy (non-hydrogen) atoms. The Morgan fingerprint density at radius 2 is 1.74 bits per heavy atom. The third-order valence-electron chi connectivity index (χ3n) is 3.02. The van der Waals surface area contributed by atoms with Gasteiger partial charge in [0.15, 0.2) is 0 Å². The highest BCUT2D eigenvalue weighted by Gasteiger charge is 2.05. The molecule has 0 aliphatic rings. The number of methoxy groups -OCH3 is 1. The molecule has 0 saturated carbocycles. The van der Waals surface area contributed by atoms with Crippen molar-refractivity contribution in [2.75, 3.05) is 18.6 Å². The van der Waals surface area contributed by atoms with E-state index in [2.05, 4.69) is 12.1 Å². The summed E-state index contributed by atoms with van der Waals surface area (Å²) in [7, 11) is 1.63. The van der Waals surface area contributed by atoms with Crippen LogP contribution in [0.4, 0.5) is 5.69 Å². The molecule has 0 aliphatic carbocycles. The van der Waals surface area contributed by atoms with Crippen molar-refractivity contribution in [3.05, 3.63) is 60.2 Å². The molecule has 0 spiro atoms. The zero-order chi connectivity index (χ0) is 13.5. The number of anilines is 1. The molecule has 0 atom stereocenters. The number of benzene rings is 2. The van der Waals surface area contributed by atoms with Crippen LogP contribution in [0.1, 0.15) is 5.56 Å². The Kier molecular flexibility index (Phi) is 4.56. The average Bonchev–Trinajstić information content (AvgIpc) is 2.49. The zero-order valence-corrected chi connectivity index (χ0v) is 11.0. The maximum atomic E-state index is 11.2. The summed E-state index contributed by atoms with van der Waals surface area (Å²) in [4.78, 5) is 12.9. The van der Waals surface area contributed by atoms with Gasteiger partial charge in [-0.1, -0.05) is 30.3 Å². The van der Waals surface area contributed by atoms with Gasteiger partial charge in [-0.2, -0.15) is 0 Å². The monoisotopic (exact) mass is 255 g/mol. The van der Waals surface area contributed by atoms with Gasteiger partial charge in [0.05, 0.1) is 7.11 Å². The first-order valence-corrected chi connectivity index (χ1v) is 6.23. The smallest absolute Gasteiger partial charge is 0.214 e. The summed E-state index contributed by atoms with van der Waals surface area (Å²) in [6, 6.07) is 17.6. The molecular weight excluding hydrogens is 238 g/mol. The normalized spacial score (nSPS) is 9.95. The number of ether oxygens (including phenoxy) is 1. The zero-order valence-electron chi connectivity index (χ0n) is 11.0. The maximum absolute atomic E-state index is 11.2. The van der Waals surface area contributed by atoms with Crippen LogP contribution in [0.2, 0.25) is 0 Å². The molecule has 2 aromatic rings. The molecule has 0 saturated heterocycles. The summed E-state index contributed by atoms with van der Waals surface area (Å²) >= 11 is 0. The van der Waals surface area contributed by atoms with Gasteiger partial charge in [0.25, 0.3) is 0 Å². The summed E-state index contributed by atoms with van der Waals surface area (Å²) in [5.74, 6) is 0.789. The number of carbonyl (C=O) groups is 1. The van der Waals surface area contributed by atoms with Gasteiger partial charge >= 0.3 is 0 Å². The molecule has 2 rings (SSSR count). The highest BCUT2D eigenvalue weighted by molar-refractivity contribution is 5.75. The van der Waals surface area contributed by atoms with Crippen LogP contribution < -0.4 is 9.64 Å². The lowest BCUT2D eigenvalue weighted by Crippen LogP contribution is -2.23. The number of carbonyl (C=O) groups excluding carboxylic acids is 1. The molecule has 2 aromatic carbocycles. The molecule has 0 heterocycles. The Bertz CT molecular complexity index is 508. The minimum atomic E-state index is 0.667. The summed E-state index contributed by atoms with van der Waals surface area (Å²) in [5.41, 5.74) is 2.11. The van der Waals surface area contributed by atoms with E-state index in [1.807, 2.05) is 42.5 Å². The number of hydrogen-bond acceptors (Lipinski definition) is 2. The van der Waals surface area contributed by atoms with Crippen molar-refractivity contribution < 1.29 is 9.53 Å². The second kappa shape index (κ2) is 6.59. The van der Waals surface area contributed by atoms with Gasteiger partial charge in [0.2, 0.25) is 6.41 Å². The Labute approximate surface area is 113 Å². The third-order valence-corrected chi connectivity index (χ3v) is 3.02. The van der Waals surface area contributed by atoms with Crippen LogP contribution in [0.3, 0.4) is 0 Å². The van der Waals surface area contributed by atoms with E-state index in [4.69, 9.17) is 4.74 Å². The molecule has 0 aliphatic heterocycles. The molecular formula is C16H17NO2. The van der Waals surface area contributed by atoms with Crippen molar-refractivity contribution in [3.63, 3.8) is 0 Å². The van der Waals surface area contributed by atoms with Crippen molar-refractivity contribution in [1.29, 1.82) is 0 Å². The van der Waals surface area contributed by atoms with Crippen molar-refractivity contribution in [2.45, 2.75) is 6.42 Å². The van der Waals surface area contributed by atoms with E-state index in [9.17, 15) is 4.79 Å². The van der Waals surface area contributed by atoms with E-state index in [0.29, 0.717) is 6.54 Å². The van der Waals surface area contributed by atoms with Crippen LogP contribution in [0.15, 0.2) is 54.6 Å². The Morgan fingerprint density at radius 3 is 2.32 bits per heavy atom. The summed E-state index contributed by atoms with van der Waals surface area (Å²) < 4.78 is 5.11. The Balaban J connectivity index is 2.01. The molecule has 0 N–H and O–H groups in total. The number of amides is 1. The molecule has 3 heteroatoms. The fourth-order valence-corrected chi connectivity index (χ4v) is 1.91.